The van der Waals surface area contributed by atoms with E-state index in [1.165, 1.54) is 4.90 Å². The number of rotatable bonds is 2. The highest BCUT2D eigenvalue weighted by molar-refractivity contribution is 6.37. The summed E-state index contributed by atoms with van der Waals surface area (Å²) in [5.41, 5.74) is 0.615. The van der Waals surface area contributed by atoms with Gasteiger partial charge in [-0.3, -0.25) is 19.3 Å². The molecule has 0 aromatic heterocycles. The maximum Gasteiger partial charge on any atom is 0.263 e. The zero-order chi connectivity index (χ0) is 16.8. The van der Waals surface area contributed by atoms with E-state index in [9.17, 15) is 14.4 Å². The number of halogens is 1. The Labute approximate surface area is 144 Å². The van der Waals surface area contributed by atoms with Crippen molar-refractivity contribution in [1.29, 1.82) is 0 Å². The molecule has 24 heavy (non-hydrogen) atoms. The Morgan fingerprint density at radius 2 is 2.04 bits per heavy atom. The standard InChI is InChI=1S/C17H17ClN2O4/c18-12-4-1-3-11-14(12)17(23)20(15(11)21)10-6-7-19(9-10)16(22)13-5-2-8-24-13/h1,3-4,10,13H,2,5-9H2. The third-order valence-electron chi connectivity index (χ3n) is 4.94. The molecule has 126 valence electrons. The highest BCUT2D eigenvalue weighted by Crippen LogP contribution is 2.32. The van der Waals surface area contributed by atoms with Gasteiger partial charge in [0, 0.05) is 19.7 Å². The summed E-state index contributed by atoms with van der Waals surface area (Å²) in [7, 11) is 0. The molecule has 2 unspecified atom stereocenters. The fourth-order valence-electron chi connectivity index (χ4n) is 3.72. The fraction of sp³-hybridized carbons (Fsp3) is 0.471. The maximum absolute atomic E-state index is 12.6. The van der Waals surface area contributed by atoms with Crippen molar-refractivity contribution in [2.24, 2.45) is 0 Å². The molecular weight excluding hydrogens is 332 g/mol. The van der Waals surface area contributed by atoms with Gasteiger partial charge < -0.3 is 9.64 Å². The van der Waals surface area contributed by atoms with Crippen LogP contribution in [0.25, 0.3) is 0 Å². The van der Waals surface area contributed by atoms with E-state index in [1.54, 1.807) is 23.1 Å². The van der Waals surface area contributed by atoms with Gasteiger partial charge in [-0.05, 0) is 31.4 Å². The van der Waals surface area contributed by atoms with Gasteiger partial charge in [-0.25, -0.2) is 0 Å². The number of likely N-dealkylation sites (tertiary alicyclic amines) is 1. The van der Waals surface area contributed by atoms with Crippen LogP contribution in [0.4, 0.5) is 0 Å². The van der Waals surface area contributed by atoms with Gasteiger partial charge in [0.05, 0.1) is 22.2 Å². The van der Waals surface area contributed by atoms with Crippen molar-refractivity contribution in [3.63, 3.8) is 0 Å². The molecule has 2 atom stereocenters. The van der Waals surface area contributed by atoms with E-state index < -0.39 is 0 Å². The summed E-state index contributed by atoms with van der Waals surface area (Å²) in [6.07, 6.45) is 1.84. The fourth-order valence-corrected chi connectivity index (χ4v) is 3.98. The molecule has 3 aliphatic rings. The molecule has 7 heteroatoms. The van der Waals surface area contributed by atoms with E-state index >= 15 is 0 Å². The highest BCUT2D eigenvalue weighted by Gasteiger charge is 2.44. The predicted molar refractivity (Wildman–Crippen MR) is 85.9 cm³/mol. The molecule has 3 heterocycles. The number of amides is 3. The van der Waals surface area contributed by atoms with Gasteiger partial charge in [-0.2, -0.15) is 0 Å². The number of imide groups is 1. The van der Waals surface area contributed by atoms with E-state index in [2.05, 4.69) is 0 Å². The van der Waals surface area contributed by atoms with E-state index in [1.807, 2.05) is 0 Å². The second-order valence-corrected chi connectivity index (χ2v) is 6.78. The minimum absolute atomic E-state index is 0.0374. The van der Waals surface area contributed by atoms with Crippen LogP contribution in [0.15, 0.2) is 18.2 Å². The van der Waals surface area contributed by atoms with Crippen molar-refractivity contribution in [3.05, 3.63) is 34.3 Å². The zero-order valence-electron chi connectivity index (χ0n) is 13.0. The van der Waals surface area contributed by atoms with Crippen molar-refractivity contribution < 1.29 is 19.1 Å². The molecule has 3 aliphatic heterocycles. The summed E-state index contributed by atoms with van der Waals surface area (Å²) in [6.45, 7) is 1.51. The van der Waals surface area contributed by atoms with Crippen molar-refractivity contribution in [3.8, 4) is 0 Å². The Hall–Kier alpha value is -1.92. The number of nitrogens with zero attached hydrogens (tertiary/aromatic N) is 2. The molecule has 2 saturated heterocycles. The van der Waals surface area contributed by atoms with Crippen LogP contribution in [0.5, 0.6) is 0 Å². The van der Waals surface area contributed by atoms with Crippen LogP contribution in [-0.2, 0) is 9.53 Å². The second kappa shape index (κ2) is 5.86. The Morgan fingerprint density at radius 3 is 2.75 bits per heavy atom. The van der Waals surface area contributed by atoms with E-state index in [-0.39, 0.29) is 35.4 Å². The minimum Gasteiger partial charge on any atom is -0.368 e. The van der Waals surface area contributed by atoms with E-state index in [4.69, 9.17) is 16.3 Å². The first kappa shape index (κ1) is 15.6. The lowest BCUT2D eigenvalue weighted by Gasteiger charge is -2.23. The monoisotopic (exact) mass is 348 g/mol. The van der Waals surface area contributed by atoms with E-state index in [0.717, 1.165) is 12.8 Å². The maximum atomic E-state index is 12.6. The Balaban J connectivity index is 1.52. The predicted octanol–water partition coefficient (Wildman–Crippen LogP) is 1.72. The first-order valence-electron chi connectivity index (χ1n) is 8.14. The summed E-state index contributed by atoms with van der Waals surface area (Å²) in [5.74, 6) is -0.726. The Morgan fingerprint density at radius 1 is 1.21 bits per heavy atom. The van der Waals surface area contributed by atoms with Crippen LogP contribution in [-0.4, -0.2) is 59.4 Å². The summed E-state index contributed by atoms with van der Waals surface area (Å²) in [4.78, 5) is 40.6. The van der Waals surface area contributed by atoms with Gasteiger partial charge in [0.2, 0.25) is 0 Å². The molecule has 2 fully saturated rings. The number of benzene rings is 1. The molecule has 1 aromatic carbocycles. The molecule has 0 aliphatic carbocycles. The van der Waals surface area contributed by atoms with Crippen LogP contribution >= 0.6 is 11.6 Å². The summed E-state index contributed by atoms with van der Waals surface area (Å²) >= 11 is 6.09. The zero-order valence-corrected chi connectivity index (χ0v) is 13.8. The van der Waals surface area contributed by atoms with Gasteiger partial charge in [0.1, 0.15) is 6.10 Å². The van der Waals surface area contributed by atoms with Gasteiger partial charge in [-0.15, -0.1) is 0 Å². The molecular formula is C17H17ClN2O4. The number of fused-ring (bicyclic) bond motifs is 1. The van der Waals surface area contributed by atoms with E-state index in [0.29, 0.717) is 36.7 Å². The van der Waals surface area contributed by atoms with Crippen LogP contribution in [0.2, 0.25) is 5.02 Å². The lowest BCUT2D eigenvalue weighted by atomic mass is 10.1. The van der Waals surface area contributed by atoms with Gasteiger partial charge in [0.15, 0.2) is 0 Å². The summed E-state index contributed by atoms with van der Waals surface area (Å²) in [6, 6.07) is 4.58. The molecule has 0 spiro atoms. The van der Waals surface area contributed by atoms with Crippen molar-refractivity contribution in [2.75, 3.05) is 19.7 Å². The highest BCUT2D eigenvalue weighted by atomic mass is 35.5. The van der Waals surface area contributed by atoms with Crippen molar-refractivity contribution in [1.82, 2.24) is 9.80 Å². The molecule has 6 nitrogen and oxygen atoms in total. The largest absolute Gasteiger partial charge is 0.368 e. The normalized spacial score (nSPS) is 26.4. The van der Waals surface area contributed by atoms with Gasteiger partial charge in [-0.1, -0.05) is 17.7 Å². The van der Waals surface area contributed by atoms with Crippen molar-refractivity contribution in [2.45, 2.75) is 31.4 Å². The number of carbonyl (C=O) groups excluding carboxylic acids is 3. The van der Waals surface area contributed by atoms with Crippen LogP contribution in [0.3, 0.4) is 0 Å². The number of carbonyl (C=O) groups is 3. The topological polar surface area (TPSA) is 66.9 Å². The number of ether oxygens (including phenoxy) is 1. The molecule has 0 N–H and O–H groups in total. The quantitative estimate of drug-likeness (QED) is 0.763. The Bertz CT molecular complexity index is 729. The number of hydrogen-bond acceptors (Lipinski definition) is 4. The van der Waals surface area contributed by atoms with Gasteiger partial charge in [0.25, 0.3) is 17.7 Å². The smallest absolute Gasteiger partial charge is 0.263 e. The molecule has 0 saturated carbocycles. The molecule has 0 bridgehead atoms. The third-order valence-corrected chi connectivity index (χ3v) is 5.26. The van der Waals surface area contributed by atoms with Crippen LogP contribution in [0.1, 0.15) is 40.0 Å². The Kier molecular flexibility index (Phi) is 3.81. The lowest BCUT2D eigenvalue weighted by Crippen LogP contribution is -2.44. The molecule has 1 aromatic rings. The average molecular weight is 349 g/mol. The minimum atomic E-state index is -0.375. The summed E-state index contributed by atoms with van der Waals surface area (Å²) < 4.78 is 5.44. The second-order valence-electron chi connectivity index (χ2n) is 6.37. The van der Waals surface area contributed by atoms with Gasteiger partial charge >= 0.3 is 0 Å². The first-order valence-corrected chi connectivity index (χ1v) is 8.52. The lowest BCUT2D eigenvalue weighted by molar-refractivity contribution is -0.139. The molecule has 3 amide bonds. The third kappa shape index (κ3) is 2.32. The van der Waals surface area contributed by atoms with Crippen molar-refractivity contribution >= 4 is 29.3 Å². The number of hydrogen-bond donors (Lipinski definition) is 0. The first-order chi connectivity index (χ1) is 11.6. The molecule has 4 rings (SSSR count). The van der Waals surface area contributed by atoms with Crippen LogP contribution in [0, 0.1) is 0 Å². The SMILES string of the molecule is O=C(C1CCCO1)N1CCC(N2C(=O)c3cccc(Cl)c3C2=O)C1. The average Bonchev–Trinajstić information content (AvgIpc) is 3.29. The summed E-state index contributed by atoms with van der Waals surface area (Å²) in [5, 5.41) is 0.290. The molecule has 0 radical (unpaired) electrons. The van der Waals surface area contributed by atoms with Crippen LogP contribution < -0.4 is 0 Å².